The van der Waals surface area contributed by atoms with Gasteiger partial charge in [0.1, 0.15) is 18.5 Å². The maximum absolute atomic E-state index is 9.55. The molecule has 2 N–H and O–H groups in total. The minimum absolute atomic E-state index is 0.0455. The number of aliphatic hydroxyl groups is 2. The first-order valence-corrected chi connectivity index (χ1v) is 11.5. The highest BCUT2D eigenvalue weighted by Crippen LogP contribution is 2.72. The second kappa shape index (κ2) is 7.15. The summed E-state index contributed by atoms with van der Waals surface area (Å²) < 4.78 is 11.3. The summed E-state index contributed by atoms with van der Waals surface area (Å²) in [6.45, 7) is 10.6. The van der Waals surface area contributed by atoms with Gasteiger partial charge in [-0.3, -0.25) is 0 Å². The van der Waals surface area contributed by atoms with Crippen LogP contribution in [0.1, 0.15) is 46.9 Å². The summed E-state index contributed by atoms with van der Waals surface area (Å²) in [5, 5.41) is 22.9. The fourth-order valence-electron chi connectivity index (χ4n) is 5.28. The predicted molar refractivity (Wildman–Crippen MR) is 120 cm³/mol. The predicted octanol–water partition coefficient (Wildman–Crippen LogP) is 4.42. The van der Waals surface area contributed by atoms with Crippen molar-refractivity contribution < 1.29 is 19.5 Å². The molecule has 31 heavy (non-hydrogen) atoms. The molecule has 0 saturated heterocycles. The molecule has 0 amide bonds. The van der Waals surface area contributed by atoms with Crippen LogP contribution in [0.4, 0.5) is 0 Å². The molecule has 2 aliphatic rings. The summed E-state index contributed by atoms with van der Waals surface area (Å²) in [7, 11) is 0. The summed E-state index contributed by atoms with van der Waals surface area (Å²) >= 11 is 1.78. The van der Waals surface area contributed by atoms with Crippen LogP contribution in [0.25, 0.3) is 22.2 Å². The van der Waals surface area contributed by atoms with Crippen LogP contribution in [0.2, 0.25) is 0 Å². The Bertz CT molecular complexity index is 1140. The fourth-order valence-corrected chi connectivity index (χ4v) is 6.44. The molecule has 0 radical (unpaired) electrons. The normalized spacial score (nSPS) is 21.6. The van der Waals surface area contributed by atoms with E-state index < -0.39 is 6.10 Å². The van der Waals surface area contributed by atoms with E-state index in [2.05, 4.69) is 25.9 Å². The Balaban J connectivity index is 1.42. The van der Waals surface area contributed by atoms with Gasteiger partial charge in [0, 0.05) is 10.4 Å². The number of fused-ring (bicyclic) bond motifs is 3. The molecule has 164 valence electrons. The minimum atomic E-state index is -0.899. The summed E-state index contributed by atoms with van der Waals surface area (Å²) in [4.78, 5) is 7.27. The maximum atomic E-state index is 9.55. The van der Waals surface area contributed by atoms with Gasteiger partial charge < -0.3 is 19.5 Å². The molecule has 1 saturated carbocycles. The van der Waals surface area contributed by atoms with Crippen molar-refractivity contribution in [2.24, 2.45) is 11.3 Å². The van der Waals surface area contributed by atoms with Gasteiger partial charge in [0.2, 0.25) is 5.82 Å². The van der Waals surface area contributed by atoms with Gasteiger partial charge in [0.05, 0.1) is 11.5 Å². The third kappa shape index (κ3) is 3.22. The summed E-state index contributed by atoms with van der Waals surface area (Å²) in [6, 6.07) is 3.90. The lowest BCUT2D eigenvalue weighted by Gasteiger charge is -2.15. The molecule has 1 aromatic carbocycles. The highest BCUT2D eigenvalue weighted by Gasteiger charge is 2.63. The van der Waals surface area contributed by atoms with Crippen LogP contribution < -0.4 is 4.74 Å². The van der Waals surface area contributed by atoms with Crippen molar-refractivity contribution in [1.29, 1.82) is 0 Å². The number of hydrogen-bond donors (Lipinski definition) is 2. The zero-order valence-electron chi connectivity index (χ0n) is 18.5. The van der Waals surface area contributed by atoms with Crippen molar-refractivity contribution in [3.63, 3.8) is 0 Å². The van der Waals surface area contributed by atoms with Gasteiger partial charge in [-0.05, 0) is 78.8 Å². The molecule has 3 atom stereocenters. The molecule has 7 heteroatoms. The Morgan fingerprint density at radius 2 is 1.97 bits per heavy atom. The van der Waals surface area contributed by atoms with Crippen molar-refractivity contribution in [3.05, 3.63) is 39.3 Å². The minimum Gasteiger partial charge on any atom is -0.490 e. The van der Waals surface area contributed by atoms with E-state index in [1.165, 1.54) is 16.0 Å². The summed E-state index contributed by atoms with van der Waals surface area (Å²) in [5.74, 6) is 3.29. The molecule has 2 aromatic heterocycles. The molecule has 0 bridgehead atoms. The molecule has 0 unspecified atom stereocenters. The molecular weight excluding hydrogens is 412 g/mol. The monoisotopic (exact) mass is 440 g/mol. The largest absolute Gasteiger partial charge is 0.490 e. The number of ether oxygens (including phenoxy) is 1. The number of aromatic nitrogens is 2. The SMILES string of the molecule is Cc1cc(-c2nc(-c3sc(C)c4c3C[C@@H]3[C@H]4C3(C)C)no2)cc(C)c1OC[C@@H](O)CO. The molecule has 2 heterocycles. The van der Waals surface area contributed by atoms with Crippen LogP contribution in [0.5, 0.6) is 5.75 Å². The van der Waals surface area contributed by atoms with E-state index in [9.17, 15) is 5.11 Å². The zero-order chi connectivity index (χ0) is 22.1. The first-order valence-electron chi connectivity index (χ1n) is 10.7. The number of rotatable bonds is 6. The van der Waals surface area contributed by atoms with E-state index in [0.717, 1.165) is 33.9 Å². The summed E-state index contributed by atoms with van der Waals surface area (Å²) in [5.41, 5.74) is 6.04. The Morgan fingerprint density at radius 3 is 2.65 bits per heavy atom. The molecular formula is C24H28N2O4S. The van der Waals surface area contributed by atoms with E-state index >= 15 is 0 Å². The Labute approximate surface area is 185 Å². The second-order valence-electron chi connectivity index (χ2n) is 9.50. The standard InChI is InChI=1S/C24H28N2O4S/c1-11-6-14(7-12(2)20(11)29-10-15(28)9-27)23-25-22(26-30-23)21-16-8-17-19(24(17,4)5)18(16)13(3)31-21/h6-7,15,17,19,27-28H,8-10H2,1-5H3/t15-,17+,19+/m0/s1. The van der Waals surface area contributed by atoms with Crippen molar-refractivity contribution in [2.45, 2.75) is 53.1 Å². The smallest absolute Gasteiger partial charge is 0.258 e. The third-order valence-electron chi connectivity index (χ3n) is 6.99. The van der Waals surface area contributed by atoms with E-state index in [0.29, 0.717) is 28.8 Å². The molecule has 5 rings (SSSR count). The topological polar surface area (TPSA) is 88.6 Å². The Kier molecular flexibility index (Phi) is 4.77. The van der Waals surface area contributed by atoms with Crippen LogP contribution in [0.15, 0.2) is 16.7 Å². The quantitative estimate of drug-likeness (QED) is 0.590. The highest BCUT2D eigenvalue weighted by atomic mass is 32.1. The molecule has 0 aliphatic heterocycles. The zero-order valence-corrected chi connectivity index (χ0v) is 19.3. The van der Waals surface area contributed by atoms with Crippen LogP contribution in [0, 0.1) is 32.1 Å². The maximum Gasteiger partial charge on any atom is 0.258 e. The van der Waals surface area contributed by atoms with Crippen molar-refractivity contribution >= 4 is 11.3 Å². The van der Waals surface area contributed by atoms with E-state index in [1.54, 1.807) is 11.3 Å². The van der Waals surface area contributed by atoms with Crippen molar-refractivity contribution in [3.8, 4) is 27.9 Å². The molecule has 3 aromatic rings. The van der Waals surface area contributed by atoms with Crippen LogP contribution >= 0.6 is 11.3 Å². The van der Waals surface area contributed by atoms with Crippen molar-refractivity contribution in [1.82, 2.24) is 10.1 Å². The number of aryl methyl sites for hydroxylation is 3. The number of hydrogen-bond acceptors (Lipinski definition) is 7. The number of thiophene rings is 1. The Hall–Kier alpha value is -2.22. The van der Waals surface area contributed by atoms with Gasteiger partial charge in [-0.1, -0.05) is 19.0 Å². The molecule has 1 fully saturated rings. The average molecular weight is 441 g/mol. The van der Waals surface area contributed by atoms with Gasteiger partial charge in [-0.25, -0.2) is 0 Å². The fraction of sp³-hybridized carbons (Fsp3) is 0.500. The number of nitrogens with zero attached hydrogens (tertiary/aromatic N) is 2. The average Bonchev–Trinajstić information content (AvgIpc) is 3.22. The van der Waals surface area contributed by atoms with E-state index in [-0.39, 0.29) is 13.2 Å². The second-order valence-corrected chi connectivity index (χ2v) is 10.7. The lowest BCUT2D eigenvalue weighted by molar-refractivity contribution is 0.0532. The van der Waals surface area contributed by atoms with Crippen LogP contribution in [-0.2, 0) is 6.42 Å². The Morgan fingerprint density at radius 1 is 1.26 bits per heavy atom. The van der Waals surface area contributed by atoms with Crippen LogP contribution in [0.3, 0.4) is 0 Å². The van der Waals surface area contributed by atoms with Gasteiger partial charge in [-0.15, -0.1) is 11.3 Å². The molecule has 0 spiro atoms. The highest BCUT2D eigenvalue weighted by molar-refractivity contribution is 7.15. The molecule has 6 nitrogen and oxygen atoms in total. The first kappa shape index (κ1) is 20.7. The lowest BCUT2D eigenvalue weighted by Crippen LogP contribution is -2.21. The van der Waals surface area contributed by atoms with E-state index in [1.807, 2.05) is 26.0 Å². The summed E-state index contributed by atoms with van der Waals surface area (Å²) in [6.07, 6.45) is 0.213. The van der Waals surface area contributed by atoms with E-state index in [4.69, 9.17) is 19.4 Å². The van der Waals surface area contributed by atoms with Crippen molar-refractivity contribution in [2.75, 3.05) is 13.2 Å². The number of benzene rings is 1. The lowest BCUT2D eigenvalue weighted by atomic mass is 9.95. The van der Waals surface area contributed by atoms with Gasteiger partial charge in [-0.2, -0.15) is 4.98 Å². The first-order chi connectivity index (χ1) is 14.7. The number of aliphatic hydroxyl groups excluding tert-OH is 2. The van der Waals surface area contributed by atoms with Crippen LogP contribution in [-0.4, -0.2) is 39.7 Å². The van der Waals surface area contributed by atoms with Gasteiger partial charge in [0.25, 0.3) is 5.89 Å². The van der Waals surface area contributed by atoms with Gasteiger partial charge >= 0.3 is 0 Å². The van der Waals surface area contributed by atoms with Gasteiger partial charge in [0.15, 0.2) is 0 Å². The third-order valence-corrected chi connectivity index (χ3v) is 8.15. The molecule has 2 aliphatic carbocycles.